The monoisotopic (exact) mass is 228 g/mol. The molecule has 92 valence electrons. The van der Waals surface area contributed by atoms with Crippen molar-refractivity contribution in [1.82, 2.24) is 10.6 Å². The van der Waals surface area contributed by atoms with Crippen molar-refractivity contribution in [3.8, 4) is 0 Å². The molecule has 0 aliphatic heterocycles. The van der Waals surface area contributed by atoms with Gasteiger partial charge in [-0.15, -0.1) is 0 Å². The van der Waals surface area contributed by atoms with Gasteiger partial charge in [0.2, 0.25) is 11.8 Å². The number of aldehydes is 1. The number of nitrogens with one attached hydrogen (secondary N) is 2. The third kappa shape index (κ3) is 5.48. The van der Waals surface area contributed by atoms with E-state index in [4.69, 9.17) is 0 Å². The highest BCUT2D eigenvalue weighted by atomic mass is 16.2. The van der Waals surface area contributed by atoms with Crippen molar-refractivity contribution < 1.29 is 14.4 Å². The number of carbonyl (C=O) groups excluding carboxylic acids is 3. The minimum absolute atomic E-state index is 0.00698. The van der Waals surface area contributed by atoms with E-state index in [1.54, 1.807) is 0 Å². The number of amides is 2. The number of carbonyl (C=O) groups is 3. The van der Waals surface area contributed by atoms with E-state index in [1.165, 1.54) is 0 Å². The van der Waals surface area contributed by atoms with Crippen molar-refractivity contribution in [2.45, 2.75) is 39.7 Å². The fourth-order valence-corrected chi connectivity index (χ4v) is 1.26. The maximum absolute atomic E-state index is 11.6. The first-order valence-electron chi connectivity index (χ1n) is 5.53. The van der Waals surface area contributed by atoms with E-state index in [1.807, 2.05) is 20.8 Å². The second kappa shape index (κ2) is 7.84. The van der Waals surface area contributed by atoms with Crippen LogP contribution >= 0.6 is 0 Å². The van der Waals surface area contributed by atoms with Crippen LogP contribution in [0.3, 0.4) is 0 Å². The summed E-state index contributed by atoms with van der Waals surface area (Å²) < 4.78 is 0. The average molecular weight is 228 g/mol. The van der Waals surface area contributed by atoms with Crippen molar-refractivity contribution >= 4 is 18.1 Å². The molecule has 0 aromatic carbocycles. The first kappa shape index (κ1) is 14.6. The van der Waals surface area contributed by atoms with Gasteiger partial charge >= 0.3 is 0 Å². The molecule has 2 N–H and O–H groups in total. The van der Waals surface area contributed by atoms with E-state index in [-0.39, 0.29) is 24.3 Å². The average Bonchev–Trinajstić information content (AvgIpc) is 2.22. The fraction of sp³-hybridized carbons (Fsp3) is 0.727. The molecule has 16 heavy (non-hydrogen) atoms. The van der Waals surface area contributed by atoms with E-state index in [0.29, 0.717) is 12.7 Å². The van der Waals surface area contributed by atoms with E-state index >= 15 is 0 Å². The molecule has 0 aliphatic rings. The van der Waals surface area contributed by atoms with Crippen LogP contribution in [0.5, 0.6) is 0 Å². The summed E-state index contributed by atoms with van der Waals surface area (Å²) in [6, 6.07) is -0.570. The second-order valence-electron chi connectivity index (χ2n) is 3.95. The molecule has 0 aromatic rings. The Morgan fingerprint density at radius 2 is 1.94 bits per heavy atom. The lowest BCUT2D eigenvalue weighted by Crippen LogP contribution is -2.49. The Balaban J connectivity index is 4.31. The van der Waals surface area contributed by atoms with Gasteiger partial charge in [-0.25, -0.2) is 0 Å². The van der Waals surface area contributed by atoms with Crippen molar-refractivity contribution in [2.75, 3.05) is 6.54 Å². The summed E-state index contributed by atoms with van der Waals surface area (Å²) in [7, 11) is 0. The van der Waals surface area contributed by atoms with Crippen LogP contribution in [0.2, 0.25) is 0 Å². The molecule has 5 nitrogen and oxygen atoms in total. The summed E-state index contributed by atoms with van der Waals surface area (Å²) in [6.45, 7) is 5.57. The van der Waals surface area contributed by atoms with Crippen molar-refractivity contribution in [3.63, 3.8) is 0 Å². The van der Waals surface area contributed by atoms with Crippen LogP contribution in [0.1, 0.15) is 33.6 Å². The molecule has 1 unspecified atom stereocenters. The molecule has 0 fully saturated rings. The minimum Gasteiger partial charge on any atom is -0.348 e. The lowest BCUT2D eigenvalue weighted by molar-refractivity contribution is -0.130. The maximum atomic E-state index is 11.6. The second-order valence-corrected chi connectivity index (χ2v) is 3.95. The lowest BCUT2D eigenvalue weighted by atomic mass is 10.0. The highest BCUT2D eigenvalue weighted by Gasteiger charge is 2.23. The predicted molar refractivity (Wildman–Crippen MR) is 60.8 cm³/mol. The van der Waals surface area contributed by atoms with Crippen LogP contribution in [0.15, 0.2) is 0 Å². The smallest absolute Gasteiger partial charge is 0.243 e. The highest BCUT2D eigenvalue weighted by molar-refractivity contribution is 5.88. The van der Waals surface area contributed by atoms with E-state index in [0.717, 1.165) is 6.42 Å². The number of rotatable bonds is 7. The zero-order chi connectivity index (χ0) is 12.6. The van der Waals surface area contributed by atoms with Gasteiger partial charge < -0.3 is 15.4 Å². The van der Waals surface area contributed by atoms with Gasteiger partial charge in [0.05, 0.1) is 6.54 Å². The van der Waals surface area contributed by atoms with Crippen molar-refractivity contribution in [2.24, 2.45) is 5.92 Å². The Hall–Kier alpha value is -1.39. The Kier molecular flexibility index (Phi) is 7.16. The zero-order valence-electron chi connectivity index (χ0n) is 10.1. The SMILES string of the molecule is CCCC(=O)NC(C(=O)NCC=O)C(C)C. The van der Waals surface area contributed by atoms with Crippen molar-refractivity contribution in [1.29, 1.82) is 0 Å². The van der Waals surface area contributed by atoms with Gasteiger partial charge in [-0.05, 0) is 12.3 Å². The molecule has 0 radical (unpaired) electrons. The Bertz CT molecular complexity index is 252. The van der Waals surface area contributed by atoms with Gasteiger partial charge in [-0.3, -0.25) is 9.59 Å². The van der Waals surface area contributed by atoms with E-state index in [9.17, 15) is 14.4 Å². The third-order valence-corrected chi connectivity index (χ3v) is 2.10. The lowest BCUT2D eigenvalue weighted by Gasteiger charge is -2.21. The maximum Gasteiger partial charge on any atom is 0.243 e. The summed E-state index contributed by atoms with van der Waals surface area (Å²) in [5.74, 6) is -0.457. The largest absolute Gasteiger partial charge is 0.348 e. The molecule has 0 bridgehead atoms. The van der Waals surface area contributed by atoms with Crippen LogP contribution < -0.4 is 10.6 Å². The molecule has 0 aliphatic carbocycles. The summed E-state index contributed by atoms with van der Waals surface area (Å²) in [5.41, 5.74) is 0. The summed E-state index contributed by atoms with van der Waals surface area (Å²) in [4.78, 5) is 33.1. The molecular formula is C11H20N2O3. The molecule has 5 heteroatoms. The Labute approximate surface area is 96.0 Å². The highest BCUT2D eigenvalue weighted by Crippen LogP contribution is 2.02. The fourth-order valence-electron chi connectivity index (χ4n) is 1.26. The van der Waals surface area contributed by atoms with Gasteiger partial charge in [0.1, 0.15) is 12.3 Å². The van der Waals surface area contributed by atoms with Crippen LogP contribution in [0.25, 0.3) is 0 Å². The van der Waals surface area contributed by atoms with E-state index < -0.39 is 6.04 Å². The van der Waals surface area contributed by atoms with Gasteiger partial charge in [0.15, 0.2) is 0 Å². The quantitative estimate of drug-likeness (QED) is 0.613. The van der Waals surface area contributed by atoms with Crippen LogP contribution in [0, 0.1) is 5.92 Å². The van der Waals surface area contributed by atoms with Gasteiger partial charge in [0, 0.05) is 6.42 Å². The zero-order valence-corrected chi connectivity index (χ0v) is 10.1. The van der Waals surface area contributed by atoms with Crippen LogP contribution in [-0.2, 0) is 14.4 Å². The summed E-state index contributed by atoms with van der Waals surface area (Å²) in [6.07, 6.45) is 1.76. The van der Waals surface area contributed by atoms with E-state index in [2.05, 4.69) is 10.6 Å². The summed E-state index contributed by atoms with van der Waals surface area (Å²) >= 11 is 0. The molecular weight excluding hydrogens is 208 g/mol. The van der Waals surface area contributed by atoms with Gasteiger partial charge in [-0.2, -0.15) is 0 Å². The minimum atomic E-state index is -0.570. The first-order chi connectivity index (χ1) is 7.52. The molecule has 1 atom stereocenters. The standard InChI is InChI=1S/C11H20N2O3/c1-4-5-9(15)13-10(8(2)3)11(16)12-6-7-14/h7-8,10H,4-6H2,1-3H3,(H,12,16)(H,13,15). The van der Waals surface area contributed by atoms with Crippen molar-refractivity contribution in [3.05, 3.63) is 0 Å². The molecule has 0 heterocycles. The molecule has 0 spiro atoms. The Morgan fingerprint density at radius 3 is 2.38 bits per heavy atom. The molecule has 2 amide bonds. The molecule has 0 saturated carbocycles. The number of hydrogen-bond donors (Lipinski definition) is 2. The van der Waals surface area contributed by atoms with Gasteiger partial charge in [-0.1, -0.05) is 20.8 Å². The van der Waals surface area contributed by atoms with Crippen LogP contribution in [0.4, 0.5) is 0 Å². The number of hydrogen-bond acceptors (Lipinski definition) is 3. The molecule has 0 saturated heterocycles. The Morgan fingerprint density at radius 1 is 1.31 bits per heavy atom. The third-order valence-electron chi connectivity index (χ3n) is 2.10. The predicted octanol–water partition coefficient (Wildman–Crippen LogP) is 0.242. The topological polar surface area (TPSA) is 75.3 Å². The van der Waals surface area contributed by atoms with Crippen LogP contribution in [-0.4, -0.2) is 30.7 Å². The molecule has 0 rings (SSSR count). The normalized spacial score (nSPS) is 12.0. The first-order valence-corrected chi connectivity index (χ1v) is 5.53. The molecule has 0 aromatic heterocycles. The summed E-state index contributed by atoms with van der Waals surface area (Å²) in [5, 5.41) is 5.10. The van der Waals surface area contributed by atoms with Gasteiger partial charge in [0.25, 0.3) is 0 Å².